The molecule has 1 aromatic heterocycles. The summed E-state index contributed by atoms with van der Waals surface area (Å²) in [6.07, 6.45) is 0. The molecule has 6 heteroatoms. The highest BCUT2D eigenvalue weighted by molar-refractivity contribution is 9.10. The number of carbonyl (C=O) groups excluding carboxylic acids is 1. The molecule has 0 radical (unpaired) electrons. The van der Waals surface area contributed by atoms with Crippen molar-refractivity contribution in [3.63, 3.8) is 0 Å². The number of aromatic nitrogens is 1. The lowest BCUT2D eigenvalue weighted by Crippen LogP contribution is -2.23. The highest BCUT2D eigenvalue weighted by Gasteiger charge is 2.13. The van der Waals surface area contributed by atoms with Crippen molar-refractivity contribution in [2.45, 2.75) is 20.4 Å². The minimum absolute atomic E-state index is 0.285. The van der Waals surface area contributed by atoms with Gasteiger partial charge in [-0.3, -0.25) is 4.79 Å². The first-order valence-electron chi connectivity index (χ1n) is 5.64. The number of halogens is 2. The Balaban J connectivity index is 2.10. The predicted molar refractivity (Wildman–Crippen MR) is 71.2 cm³/mol. The van der Waals surface area contributed by atoms with Crippen molar-refractivity contribution in [3.8, 4) is 0 Å². The zero-order chi connectivity index (χ0) is 14.0. The lowest BCUT2D eigenvalue weighted by Gasteiger charge is -2.06. The maximum Gasteiger partial charge on any atom is 0.252 e. The van der Waals surface area contributed by atoms with Gasteiger partial charge in [-0.25, -0.2) is 4.39 Å². The quantitative estimate of drug-likeness (QED) is 0.942. The van der Waals surface area contributed by atoms with Gasteiger partial charge in [0.05, 0.1) is 11.3 Å². The van der Waals surface area contributed by atoms with Gasteiger partial charge < -0.3 is 9.84 Å². The first kappa shape index (κ1) is 13.7. The summed E-state index contributed by atoms with van der Waals surface area (Å²) in [7, 11) is 0. The molecule has 1 N–H and O–H groups in total. The first-order chi connectivity index (χ1) is 8.99. The Morgan fingerprint density at radius 1 is 1.47 bits per heavy atom. The molecule has 0 aliphatic carbocycles. The summed E-state index contributed by atoms with van der Waals surface area (Å²) < 4.78 is 18.4. The Labute approximate surface area is 118 Å². The summed E-state index contributed by atoms with van der Waals surface area (Å²) in [6, 6.07) is 3.93. The van der Waals surface area contributed by atoms with E-state index in [4.69, 9.17) is 4.52 Å². The van der Waals surface area contributed by atoms with Gasteiger partial charge in [0.1, 0.15) is 11.6 Å². The molecule has 0 aliphatic rings. The second kappa shape index (κ2) is 5.52. The molecule has 0 unspecified atom stereocenters. The molecule has 1 aromatic carbocycles. The third kappa shape index (κ3) is 3.01. The van der Waals surface area contributed by atoms with Crippen molar-refractivity contribution in [2.75, 3.05) is 0 Å². The molecule has 19 heavy (non-hydrogen) atoms. The molecule has 1 amide bonds. The van der Waals surface area contributed by atoms with Crippen LogP contribution in [0, 0.1) is 19.7 Å². The lowest BCUT2D eigenvalue weighted by molar-refractivity contribution is 0.0950. The molecule has 0 saturated carbocycles. The van der Waals surface area contributed by atoms with Gasteiger partial charge in [0.15, 0.2) is 0 Å². The van der Waals surface area contributed by atoms with Crippen molar-refractivity contribution in [3.05, 3.63) is 51.1 Å². The van der Waals surface area contributed by atoms with Gasteiger partial charge in [-0.1, -0.05) is 5.16 Å². The molecule has 0 aliphatic heterocycles. The zero-order valence-electron chi connectivity index (χ0n) is 10.5. The summed E-state index contributed by atoms with van der Waals surface area (Å²) in [4.78, 5) is 12.0. The normalized spacial score (nSPS) is 10.5. The molecule has 0 fully saturated rings. The van der Waals surface area contributed by atoms with Gasteiger partial charge in [0, 0.05) is 16.6 Å². The van der Waals surface area contributed by atoms with Gasteiger partial charge in [-0.15, -0.1) is 0 Å². The number of carbonyl (C=O) groups is 1. The van der Waals surface area contributed by atoms with Crippen molar-refractivity contribution in [1.29, 1.82) is 0 Å². The van der Waals surface area contributed by atoms with E-state index in [1.165, 1.54) is 18.2 Å². The van der Waals surface area contributed by atoms with Crippen LogP contribution in [0.25, 0.3) is 0 Å². The molecule has 1 heterocycles. The average molecular weight is 327 g/mol. The highest BCUT2D eigenvalue weighted by Crippen LogP contribution is 2.18. The number of rotatable bonds is 3. The van der Waals surface area contributed by atoms with Gasteiger partial charge >= 0.3 is 0 Å². The van der Waals surface area contributed by atoms with Gasteiger partial charge in [0.25, 0.3) is 5.91 Å². The Morgan fingerprint density at radius 2 is 2.21 bits per heavy atom. The van der Waals surface area contributed by atoms with E-state index in [0.717, 1.165) is 11.3 Å². The van der Waals surface area contributed by atoms with Crippen LogP contribution in [0.1, 0.15) is 27.4 Å². The van der Waals surface area contributed by atoms with Crippen LogP contribution in [0.2, 0.25) is 0 Å². The van der Waals surface area contributed by atoms with E-state index in [9.17, 15) is 9.18 Å². The smallest absolute Gasteiger partial charge is 0.252 e. The van der Waals surface area contributed by atoms with E-state index >= 15 is 0 Å². The SMILES string of the molecule is Cc1noc(C)c1CNC(=O)c1ccc(F)cc1Br. The molecule has 0 spiro atoms. The molecule has 2 rings (SSSR count). The molecular weight excluding hydrogens is 315 g/mol. The lowest BCUT2D eigenvalue weighted by atomic mass is 10.2. The van der Waals surface area contributed by atoms with Crippen molar-refractivity contribution in [2.24, 2.45) is 0 Å². The van der Waals surface area contributed by atoms with Crippen LogP contribution in [0.3, 0.4) is 0 Å². The first-order valence-corrected chi connectivity index (χ1v) is 6.43. The van der Waals surface area contributed by atoms with E-state index in [-0.39, 0.29) is 5.91 Å². The fourth-order valence-corrected chi connectivity index (χ4v) is 2.22. The van der Waals surface area contributed by atoms with Crippen LogP contribution >= 0.6 is 15.9 Å². The minimum atomic E-state index is -0.394. The highest BCUT2D eigenvalue weighted by atomic mass is 79.9. The van der Waals surface area contributed by atoms with Gasteiger partial charge in [-0.2, -0.15) is 0 Å². The van der Waals surface area contributed by atoms with Crippen LogP contribution < -0.4 is 5.32 Å². The fourth-order valence-electron chi connectivity index (χ4n) is 1.69. The molecule has 100 valence electrons. The van der Waals surface area contributed by atoms with Crippen molar-refractivity contribution >= 4 is 21.8 Å². The number of nitrogens with zero attached hydrogens (tertiary/aromatic N) is 1. The molecule has 2 aromatic rings. The molecule has 0 bridgehead atoms. The van der Waals surface area contributed by atoms with Gasteiger partial charge in [-0.05, 0) is 48.0 Å². The maximum atomic E-state index is 12.9. The summed E-state index contributed by atoms with van der Waals surface area (Å²) in [5.74, 6) is -0.00278. The van der Waals surface area contributed by atoms with E-state index in [0.29, 0.717) is 22.3 Å². The topological polar surface area (TPSA) is 55.1 Å². The van der Waals surface area contributed by atoms with E-state index in [1.807, 2.05) is 6.92 Å². The number of amides is 1. The van der Waals surface area contributed by atoms with Gasteiger partial charge in [0.2, 0.25) is 0 Å². The number of aryl methyl sites for hydroxylation is 2. The van der Waals surface area contributed by atoms with E-state index in [2.05, 4.69) is 26.4 Å². The molecule has 0 atom stereocenters. The van der Waals surface area contributed by atoms with E-state index < -0.39 is 5.82 Å². The summed E-state index contributed by atoms with van der Waals surface area (Å²) >= 11 is 3.16. The van der Waals surface area contributed by atoms with Crippen molar-refractivity contribution < 1.29 is 13.7 Å². The number of hydrogen-bond donors (Lipinski definition) is 1. The van der Waals surface area contributed by atoms with Crippen LogP contribution in [-0.2, 0) is 6.54 Å². The Bertz CT molecular complexity index is 606. The van der Waals surface area contributed by atoms with Crippen LogP contribution in [0.4, 0.5) is 4.39 Å². The van der Waals surface area contributed by atoms with Crippen LogP contribution in [0.5, 0.6) is 0 Å². The average Bonchev–Trinajstić information content (AvgIpc) is 2.66. The fraction of sp³-hybridized carbons (Fsp3) is 0.231. The zero-order valence-corrected chi connectivity index (χ0v) is 12.0. The summed E-state index contributed by atoms with van der Waals surface area (Å²) in [5, 5.41) is 6.56. The standard InChI is InChI=1S/C13H12BrFN2O2/c1-7-11(8(2)19-17-7)6-16-13(18)10-4-3-9(15)5-12(10)14/h3-5H,6H2,1-2H3,(H,16,18). The molecule has 4 nitrogen and oxygen atoms in total. The monoisotopic (exact) mass is 326 g/mol. The number of benzene rings is 1. The molecule has 0 saturated heterocycles. The number of nitrogens with one attached hydrogen (secondary N) is 1. The summed E-state index contributed by atoms with van der Waals surface area (Å²) in [5.41, 5.74) is 1.98. The maximum absolute atomic E-state index is 12.9. The Hall–Kier alpha value is -1.69. The van der Waals surface area contributed by atoms with Crippen molar-refractivity contribution in [1.82, 2.24) is 10.5 Å². The second-order valence-electron chi connectivity index (χ2n) is 4.11. The second-order valence-corrected chi connectivity index (χ2v) is 4.96. The third-order valence-electron chi connectivity index (χ3n) is 2.78. The largest absolute Gasteiger partial charge is 0.361 e. The van der Waals surface area contributed by atoms with E-state index in [1.54, 1.807) is 6.92 Å². The Kier molecular flexibility index (Phi) is 3.99. The Morgan fingerprint density at radius 3 is 2.79 bits per heavy atom. The molecular formula is C13H12BrFN2O2. The third-order valence-corrected chi connectivity index (χ3v) is 3.44. The predicted octanol–water partition coefficient (Wildman–Crippen LogP) is 3.12. The van der Waals surface area contributed by atoms with Crippen LogP contribution in [0.15, 0.2) is 27.2 Å². The number of hydrogen-bond acceptors (Lipinski definition) is 3. The minimum Gasteiger partial charge on any atom is -0.361 e. The summed E-state index contributed by atoms with van der Waals surface area (Å²) in [6.45, 7) is 3.92. The van der Waals surface area contributed by atoms with Crippen LogP contribution in [-0.4, -0.2) is 11.1 Å².